The third-order valence-corrected chi connectivity index (χ3v) is 6.73. The second-order valence-electron chi connectivity index (χ2n) is 5.73. The summed E-state index contributed by atoms with van der Waals surface area (Å²) in [6.07, 6.45) is 1.21. The lowest BCUT2D eigenvalue weighted by molar-refractivity contribution is -0.133. The van der Waals surface area contributed by atoms with E-state index in [4.69, 9.17) is 5.73 Å². The minimum atomic E-state index is -0.501. The zero-order valence-corrected chi connectivity index (χ0v) is 13.9. The number of carbonyl (C=O) groups is 1. The summed E-state index contributed by atoms with van der Waals surface area (Å²) in [7, 11) is 3.50. The number of likely N-dealkylation sites (tertiary alicyclic amines) is 1. The van der Waals surface area contributed by atoms with Gasteiger partial charge in [0.05, 0.1) is 18.8 Å². The van der Waals surface area contributed by atoms with Crippen molar-refractivity contribution < 1.29 is 15.0 Å². The molecule has 118 valence electrons. The molecule has 0 bridgehead atoms. The molecule has 1 heterocycles. The van der Waals surface area contributed by atoms with E-state index in [9.17, 15) is 15.0 Å². The Balaban J connectivity index is 2.38. The molecule has 0 unspecified atom stereocenters. The van der Waals surface area contributed by atoms with Crippen LogP contribution in [0.3, 0.4) is 0 Å². The van der Waals surface area contributed by atoms with E-state index in [0.717, 1.165) is 12.2 Å². The molecule has 0 spiro atoms. The van der Waals surface area contributed by atoms with Crippen LogP contribution in [0.5, 0.6) is 0 Å². The van der Waals surface area contributed by atoms with Crippen molar-refractivity contribution in [2.24, 2.45) is 5.73 Å². The van der Waals surface area contributed by atoms with Crippen LogP contribution in [0.2, 0.25) is 0 Å². The molecule has 7 heteroatoms. The van der Waals surface area contributed by atoms with Gasteiger partial charge in [-0.2, -0.15) is 0 Å². The van der Waals surface area contributed by atoms with Gasteiger partial charge in [-0.05, 0) is 26.7 Å². The number of aliphatic hydroxyl groups is 2. The Hall–Kier alpha value is 0.0500. The van der Waals surface area contributed by atoms with Crippen molar-refractivity contribution in [1.29, 1.82) is 0 Å². The molecule has 1 aliphatic rings. The molecule has 0 saturated carbocycles. The van der Waals surface area contributed by atoms with Crippen molar-refractivity contribution >= 4 is 27.5 Å². The number of hydrogen-bond donors (Lipinski definition) is 3. The van der Waals surface area contributed by atoms with Gasteiger partial charge in [-0.1, -0.05) is 21.6 Å². The molecule has 0 aromatic carbocycles. The fourth-order valence-corrected chi connectivity index (χ4v) is 4.64. The number of aliphatic hydroxyl groups excluding tert-OH is 2. The highest BCUT2D eigenvalue weighted by Gasteiger charge is 2.34. The summed E-state index contributed by atoms with van der Waals surface area (Å²) in [5.41, 5.74) is 5.46. The Labute approximate surface area is 129 Å². The van der Waals surface area contributed by atoms with Gasteiger partial charge in [-0.15, -0.1) is 0 Å². The molecule has 0 aromatic heterocycles. The van der Waals surface area contributed by atoms with Crippen LogP contribution in [0.15, 0.2) is 0 Å². The van der Waals surface area contributed by atoms with Gasteiger partial charge in [0.1, 0.15) is 0 Å². The van der Waals surface area contributed by atoms with E-state index in [1.807, 2.05) is 0 Å². The van der Waals surface area contributed by atoms with Crippen LogP contribution in [0.4, 0.5) is 0 Å². The summed E-state index contributed by atoms with van der Waals surface area (Å²) >= 11 is 0. The van der Waals surface area contributed by atoms with Crippen LogP contribution in [-0.2, 0) is 4.79 Å². The lowest BCUT2D eigenvalue weighted by Crippen LogP contribution is -2.38. The van der Waals surface area contributed by atoms with Gasteiger partial charge in [0.15, 0.2) is 0 Å². The SMILES string of the molecule is CC(C)(CCC(=O)N1C[C@H](O)C[C@H]1CO)SSCCN. The third-order valence-electron chi connectivity index (χ3n) is 3.35. The van der Waals surface area contributed by atoms with Crippen molar-refractivity contribution in [3.8, 4) is 0 Å². The predicted octanol–water partition coefficient (Wildman–Crippen LogP) is 0.839. The Morgan fingerprint density at radius 1 is 1.50 bits per heavy atom. The summed E-state index contributed by atoms with van der Waals surface area (Å²) in [5.74, 6) is 0.936. The predicted molar refractivity (Wildman–Crippen MR) is 85.6 cm³/mol. The van der Waals surface area contributed by atoms with Gasteiger partial charge in [0.2, 0.25) is 5.91 Å². The number of nitrogens with zero attached hydrogens (tertiary/aromatic N) is 1. The topological polar surface area (TPSA) is 86.8 Å². The fraction of sp³-hybridized carbons (Fsp3) is 0.923. The molecule has 1 fully saturated rings. The van der Waals surface area contributed by atoms with Crippen molar-refractivity contribution in [2.75, 3.05) is 25.4 Å². The summed E-state index contributed by atoms with van der Waals surface area (Å²) in [4.78, 5) is 13.8. The highest BCUT2D eigenvalue weighted by atomic mass is 33.1. The molecule has 1 rings (SSSR count). The van der Waals surface area contributed by atoms with Gasteiger partial charge in [-0.25, -0.2) is 0 Å². The first-order chi connectivity index (χ1) is 9.39. The maximum absolute atomic E-state index is 12.2. The number of rotatable bonds is 8. The van der Waals surface area contributed by atoms with Crippen LogP contribution in [0, 0.1) is 0 Å². The van der Waals surface area contributed by atoms with Crippen molar-refractivity contribution in [1.82, 2.24) is 4.90 Å². The Bertz CT molecular complexity index is 316. The Kier molecular flexibility index (Phi) is 7.68. The number of β-amino-alcohol motifs (C(OH)–C–C–N with tert-alkyl or cyclic N) is 1. The number of amides is 1. The first kappa shape index (κ1) is 18.1. The standard InChI is InChI=1S/C13H26N2O3S2/c1-13(2,20-19-6-5-14)4-3-12(18)15-8-11(17)7-10(15)9-16/h10-11,16-17H,3-9,14H2,1-2H3/t10-,11+/m0/s1. The van der Waals surface area contributed by atoms with Crippen LogP contribution in [-0.4, -0.2) is 63.4 Å². The van der Waals surface area contributed by atoms with Gasteiger partial charge >= 0.3 is 0 Å². The maximum atomic E-state index is 12.2. The molecule has 0 radical (unpaired) electrons. The smallest absolute Gasteiger partial charge is 0.223 e. The van der Waals surface area contributed by atoms with Crippen molar-refractivity contribution in [3.05, 3.63) is 0 Å². The van der Waals surface area contributed by atoms with Crippen LogP contribution in [0.1, 0.15) is 33.1 Å². The molecule has 2 atom stereocenters. The molecule has 4 N–H and O–H groups in total. The number of hydrogen-bond acceptors (Lipinski definition) is 6. The number of nitrogens with two attached hydrogens (primary N) is 1. The monoisotopic (exact) mass is 322 g/mol. The highest BCUT2D eigenvalue weighted by molar-refractivity contribution is 8.77. The third kappa shape index (κ3) is 5.81. The second kappa shape index (κ2) is 8.48. The van der Waals surface area contributed by atoms with Gasteiger partial charge in [-0.3, -0.25) is 4.79 Å². The highest BCUT2D eigenvalue weighted by Crippen LogP contribution is 2.38. The van der Waals surface area contributed by atoms with Gasteiger partial charge in [0.25, 0.3) is 0 Å². The zero-order valence-electron chi connectivity index (χ0n) is 12.2. The molecule has 5 nitrogen and oxygen atoms in total. The fourth-order valence-electron chi connectivity index (χ4n) is 2.21. The summed E-state index contributed by atoms with van der Waals surface area (Å²) in [6, 6.07) is -0.222. The number of carbonyl (C=O) groups excluding carboxylic acids is 1. The molecular weight excluding hydrogens is 296 g/mol. The lowest BCUT2D eigenvalue weighted by Gasteiger charge is -2.26. The van der Waals surface area contributed by atoms with Gasteiger partial charge < -0.3 is 20.8 Å². The largest absolute Gasteiger partial charge is 0.394 e. The minimum Gasteiger partial charge on any atom is -0.394 e. The van der Waals surface area contributed by atoms with E-state index in [-0.39, 0.29) is 23.3 Å². The normalized spacial score (nSPS) is 23.4. The molecule has 1 aliphatic heterocycles. The van der Waals surface area contributed by atoms with Crippen molar-refractivity contribution in [3.63, 3.8) is 0 Å². The molecule has 1 saturated heterocycles. The average Bonchev–Trinajstić information content (AvgIpc) is 2.77. The van der Waals surface area contributed by atoms with E-state index in [1.54, 1.807) is 26.5 Å². The van der Waals surface area contributed by atoms with E-state index in [0.29, 0.717) is 25.9 Å². The molecule has 20 heavy (non-hydrogen) atoms. The van der Waals surface area contributed by atoms with Gasteiger partial charge in [0, 0.05) is 30.0 Å². The van der Waals surface area contributed by atoms with E-state index in [2.05, 4.69) is 13.8 Å². The summed E-state index contributed by atoms with van der Waals surface area (Å²) in [6.45, 7) is 5.18. The second-order valence-corrected chi connectivity index (χ2v) is 8.85. The maximum Gasteiger partial charge on any atom is 0.223 e. The van der Waals surface area contributed by atoms with Crippen LogP contribution < -0.4 is 5.73 Å². The first-order valence-corrected chi connectivity index (χ1v) is 9.30. The Morgan fingerprint density at radius 3 is 2.80 bits per heavy atom. The molecule has 0 aromatic rings. The summed E-state index contributed by atoms with van der Waals surface area (Å²) < 4.78 is 0.0164. The Morgan fingerprint density at radius 2 is 2.20 bits per heavy atom. The summed E-state index contributed by atoms with van der Waals surface area (Å²) in [5, 5.41) is 18.8. The van der Waals surface area contributed by atoms with E-state index in [1.165, 1.54) is 0 Å². The van der Waals surface area contributed by atoms with Crippen LogP contribution in [0.25, 0.3) is 0 Å². The van der Waals surface area contributed by atoms with Crippen LogP contribution >= 0.6 is 21.6 Å². The molecular formula is C13H26N2O3S2. The average molecular weight is 322 g/mol. The van der Waals surface area contributed by atoms with Crippen molar-refractivity contribution in [2.45, 2.75) is 50.0 Å². The molecule has 1 amide bonds. The minimum absolute atomic E-state index is 0.0164. The van der Waals surface area contributed by atoms with E-state index >= 15 is 0 Å². The zero-order chi connectivity index (χ0) is 15.2. The van der Waals surface area contributed by atoms with E-state index < -0.39 is 6.10 Å². The first-order valence-electron chi connectivity index (χ1n) is 6.98. The lowest BCUT2D eigenvalue weighted by atomic mass is 10.1. The molecule has 0 aliphatic carbocycles. The quantitative estimate of drug-likeness (QED) is 0.453.